The van der Waals surface area contributed by atoms with Crippen LogP contribution in [-0.2, 0) is 30.3 Å². The normalized spacial score (nSPS) is 8.09. The van der Waals surface area contributed by atoms with Gasteiger partial charge in [0.2, 0.25) is 0 Å². The number of carbonyl (C=O) groups is 2. The first kappa shape index (κ1) is 22.4. The minimum Gasteiger partial charge on any atom is -0.461 e. The molecule has 0 spiro atoms. The van der Waals surface area contributed by atoms with Crippen molar-refractivity contribution in [1.29, 1.82) is 0 Å². The lowest BCUT2D eigenvalue weighted by molar-refractivity contribution is -0.191. The molecule has 1 aromatic rings. The van der Waals surface area contributed by atoms with Gasteiger partial charge >= 0.3 is 24.6 Å². The molecule has 0 bridgehead atoms. The van der Waals surface area contributed by atoms with E-state index in [-0.39, 0.29) is 18.7 Å². The van der Waals surface area contributed by atoms with Crippen LogP contribution in [0.2, 0.25) is 0 Å². The van der Waals surface area contributed by atoms with E-state index in [1.165, 1.54) is 0 Å². The Bertz CT molecular complexity index is 538. The van der Waals surface area contributed by atoms with Crippen molar-refractivity contribution < 1.29 is 28.7 Å². The zero-order valence-electron chi connectivity index (χ0n) is 13.4. The van der Waals surface area contributed by atoms with Gasteiger partial charge in [-0.2, -0.15) is 9.59 Å². The highest BCUT2D eigenvalue weighted by atomic mass is 16.5. The van der Waals surface area contributed by atoms with Gasteiger partial charge in [0.05, 0.1) is 13.2 Å². The topological polar surface area (TPSA) is 107 Å². The molecule has 8 nitrogen and oxygen atoms in total. The van der Waals surface area contributed by atoms with E-state index in [4.69, 9.17) is 20.9 Å². The van der Waals surface area contributed by atoms with Crippen LogP contribution in [0.1, 0.15) is 36.8 Å². The van der Waals surface area contributed by atoms with E-state index < -0.39 is 5.97 Å². The summed E-state index contributed by atoms with van der Waals surface area (Å²) in [6, 6.07) is 1.82. The van der Waals surface area contributed by atoms with Crippen molar-refractivity contribution in [3.63, 3.8) is 0 Å². The van der Waals surface area contributed by atoms with Crippen LogP contribution in [-0.4, -0.2) is 42.8 Å². The molecule has 1 N–H and O–H groups in total. The van der Waals surface area contributed by atoms with Crippen LogP contribution < -0.4 is 0 Å². The van der Waals surface area contributed by atoms with Crippen LogP contribution in [0.3, 0.4) is 0 Å². The van der Waals surface area contributed by atoms with Crippen molar-refractivity contribution in [2.45, 2.75) is 27.2 Å². The van der Waals surface area contributed by atoms with E-state index in [0.717, 1.165) is 12.0 Å². The molecule has 0 saturated heterocycles. The largest absolute Gasteiger partial charge is 0.461 e. The van der Waals surface area contributed by atoms with E-state index in [0.29, 0.717) is 18.9 Å². The number of aromatic amines is 1. The van der Waals surface area contributed by atoms with E-state index in [2.05, 4.69) is 14.6 Å². The smallest absolute Gasteiger partial charge is 0.387 e. The lowest BCUT2D eigenvalue weighted by atomic mass is 10.2. The van der Waals surface area contributed by atoms with Gasteiger partial charge < -0.3 is 19.3 Å². The quantitative estimate of drug-likeness (QED) is 0.652. The molecule has 0 aliphatic heterocycles. The summed E-state index contributed by atoms with van der Waals surface area (Å²) in [5.74, 6) is -0.722. The first-order valence-electron chi connectivity index (χ1n) is 6.83. The summed E-state index contributed by atoms with van der Waals surface area (Å²) in [6.07, 6.45) is 3.00. The molecule has 0 amide bonds. The van der Waals surface area contributed by atoms with Crippen LogP contribution in [0, 0.1) is 6.57 Å². The van der Waals surface area contributed by atoms with Crippen molar-refractivity contribution in [2.24, 2.45) is 0 Å². The van der Waals surface area contributed by atoms with Gasteiger partial charge in [0, 0.05) is 6.20 Å². The minimum atomic E-state index is -0.442. The van der Waals surface area contributed by atoms with E-state index in [1.807, 2.05) is 19.2 Å². The standard InChI is InChI=1S/C9H13NO2.C5H7NO2.CO2/c1-3-7-5-8(10-6-7)9(11)12-4-2;1-3-8-5(7)4-6-2;2-1-3/h5-6,10H,3-4H2,1-2H3;3-4H2,1H3;. The maximum absolute atomic E-state index is 11.1. The van der Waals surface area contributed by atoms with Gasteiger partial charge in [-0.15, -0.1) is 0 Å². The van der Waals surface area contributed by atoms with Crippen LogP contribution in [0.4, 0.5) is 0 Å². The van der Waals surface area contributed by atoms with Crippen LogP contribution in [0.15, 0.2) is 12.3 Å². The Balaban J connectivity index is 0. The lowest BCUT2D eigenvalue weighted by Crippen LogP contribution is -2.05. The maximum Gasteiger partial charge on any atom is 0.387 e. The molecule has 126 valence electrons. The number of hydrogen-bond acceptors (Lipinski definition) is 6. The monoisotopic (exact) mass is 324 g/mol. The molecule has 1 heterocycles. The van der Waals surface area contributed by atoms with Gasteiger partial charge in [-0.05, 0) is 31.9 Å². The second-order valence-electron chi connectivity index (χ2n) is 3.70. The zero-order valence-corrected chi connectivity index (χ0v) is 13.4. The molecule has 0 aliphatic carbocycles. The van der Waals surface area contributed by atoms with Gasteiger partial charge in [0.25, 0.3) is 0 Å². The van der Waals surface area contributed by atoms with Crippen LogP contribution in [0.25, 0.3) is 4.85 Å². The number of carbonyl (C=O) groups excluding carboxylic acids is 4. The molecule has 0 fully saturated rings. The summed E-state index contributed by atoms with van der Waals surface area (Å²) < 4.78 is 9.25. The minimum absolute atomic E-state index is 0.159. The van der Waals surface area contributed by atoms with Crippen molar-refractivity contribution in [3.8, 4) is 0 Å². The fraction of sp³-hybridized carbons (Fsp3) is 0.467. The average Bonchev–Trinajstić information content (AvgIpc) is 2.99. The van der Waals surface area contributed by atoms with E-state index >= 15 is 0 Å². The number of hydrogen-bond donors (Lipinski definition) is 1. The third-order valence-corrected chi connectivity index (χ3v) is 2.16. The molecule has 1 aromatic heterocycles. The molecule has 0 radical (unpaired) electrons. The molecule has 0 aliphatic rings. The average molecular weight is 324 g/mol. The molecule has 23 heavy (non-hydrogen) atoms. The highest BCUT2D eigenvalue weighted by Crippen LogP contribution is 2.05. The number of nitrogens with one attached hydrogen (secondary N) is 1. The Morgan fingerprint density at radius 1 is 1.22 bits per heavy atom. The Kier molecular flexibility index (Phi) is 15.1. The number of rotatable bonds is 5. The number of aryl methyl sites for hydroxylation is 1. The predicted molar refractivity (Wildman–Crippen MR) is 79.2 cm³/mol. The molecular formula is C15H20N2O6. The lowest BCUT2D eigenvalue weighted by Gasteiger charge is -1.96. The third kappa shape index (κ3) is 12.5. The fourth-order valence-electron chi connectivity index (χ4n) is 1.24. The van der Waals surface area contributed by atoms with Crippen molar-refractivity contribution in [2.75, 3.05) is 19.8 Å². The Hall–Kier alpha value is -2.91. The van der Waals surface area contributed by atoms with Gasteiger partial charge in [0.1, 0.15) is 5.69 Å². The summed E-state index contributed by atoms with van der Waals surface area (Å²) in [4.78, 5) is 43.3. The van der Waals surface area contributed by atoms with Crippen LogP contribution in [0.5, 0.6) is 0 Å². The Labute approximate surface area is 134 Å². The first-order chi connectivity index (χ1) is 11.0. The Morgan fingerprint density at radius 2 is 1.78 bits per heavy atom. The highest BCUT2D eigenvalue weighted by molar-refractivity contribution is 5.87. The summed E-state index contributed by atoms with van der Waals surface area (Å²) in [6.45, 7) is 12.4. The molecule has 0 saturated carbocycles. The number of nitrogens with zero attached hydrogens (tertiary/aromatic N) is 1. The zero-order chi connectivity index (χ0) is 18.1. The molecular weight excluding hydrogens is 304 g/mol. The number of H-pyrrole nitrogens is 1. The van der Waals surface area contributed by atoms with Gasteiger partial charge in [0.15, 0.2) is 0 Å². The third-order valence-electron chi connectivity index (χ3n) is 2.16. The molecule has 0 unspecified atom stereocenters. The SMILES string of the molecule is CCOC(=O)c1cc(CC)c[nH]1.O=C=O.[C-]#[N+]CC(=O)OCC. The van der Waals surface area contributed by atoms with Crippen LogP contribution >= 0.6 is 0 Å². The van der Waals surface area contributed by atoms with Crippen molar-refractivity contribution >= 4 is 18.1 Å². The summed E-state index contributed by atoms with van der Waals surface area (Å²) >= 11 is 0. The summed E-state index contributed by atoms with van der Waals surface area (Å²) in [5.41, 5.74) is 1.66. The second-order valence-corrected chi connectivity index (χ2v) is 3.70. The first-order valence-corrected chi connectivity index (χ1v) is 6.83. The number of esters is 2. The molecule has 1 rings (SSSR count). The van der Waals surface area contributed by atoms with Gasteiger partial charge in [-0.1, -0.05) is 6.92 Å². The number of aromatic nitrogens is 1. The Morgan fingerprint density at radius 3 is 2.17 bits per heavy atom. The predicted octanol–water partition coefficient (Wildman–Crippen LogP) is 1.64. The van der Waals surface area contributed by atoms with E-state index in [9.17, 15) is 9.59 Å². The van der Waals surface area contributed by atoms with E-state index in [1.54, 1.807) is 13.8 Å². The maximum atomic E-state index is 11.1. The van der Waals surface area contributed by atoms with Crippen molar-refractivity contribution in [3.05, 3.63) is 34.9 Å². The van der Waals surface area contributed by atoms with Gasteiger partial charge in [-0.3, -0.25) is 0 Å². The summed E-state index contributed by atoms with van der Waals surface area (Å²) in [7, 11) is 0. The van der Waals surface area contributed by atoms with Crippen molar-refractivity contribution in [1.82, 2.24) is 4.98 Å². The summed E-state index contributed by atoms with van der Waals surface area (Å²) in [5, 5.41) is 0. The number of ether oxygens (including phenoxy) is 2. The molecule has 8 heteroatoms. The molecule has 0 atom stereocenters. The molecule has 0 aromatic carbocycles. The highest BCUT2D eigenvalue weighted by Gasteiger charge is 2.07. The fourth-order valence-corrected chi connectivity index (χ4v) is 1.24. The second kappa shape index (κ2) is 15.5. The van der Waals surface area contributed by atoms with Gasteiger partial charge in [-0.25, -0.2) is 16.2 Å².